The highest BCUT2D eigenvalue weighted by Crippen LogP contribution is 2.23. The van der Waals surface area contributed by atoms with Crippen LogP contribution >= 0.6 is 0 Å². The lowest BCUT2D eigenvalue weighted by Gasteiger charge is -2.23. The largest absolute Gasteiger partial charge is 0.497 e. The number of carbonyl (C=O) groups excluding carboxylic acids is 1. The van der Waals surface area contributed by atoms with E-state index in [-0.39, 0.29) is 24.4 Å². The molecule has 0 aliphatic heterocycles. The molecule has 4 rings (SSSR count). The standard InChI is InChI=1S/C27H26N2O4/c1-18-4-13-25-20(14-18)16-21(27(31)28-25)17-29(22-7-11-24(33-3)12-8-22)26(30)15-19-5-9-23(32-2)10-6-19/h4-14,16H,15,17H2,1-3H3,(H,28,31). The van der Waals surface area contributed by atoms with Crippen LogP contribution in [0.15, 0.2) is 77.6 Å². The highest BCUT2D eigenvalue weighted by Gasteiger charge is 2.19. The van der Waals surface area contributed by atoms with Crippen LogP contribution in [0.5, 0.6) is 11.5 Å². The number of carbonyl (C=O) groups is 1. The zero-order valence-electron chi connectivity index (χ0n) is 18.9. The summed E-state index contributed by atoms with van der Waals surface area (Å²) in [5.41, 5.74) is 3.74. The second-order valence-corrected chi connectivity index (χ2v) is 7.92. The Hall–Kier alpha value is -4.06. The number of fused-ring (bicyclic) bond motifs is 1. The number of aromatic amines is 1. The number of nitrogens with zero attached hydrogens (tertiary/aromatic N) is 1. The van der Waals surface area contributed by atoms with E-state index in [0.29, 0.717) is 17.0 Å². The molecule has 0 atom stereocenters. The molecule has 0 fully saturated rings. The fourth-order valence-electron chi connectivity index (χ4n) is 3.76. The van der Waals surface area contributed by atoms with Crippen LogP contribution in [0.1, 0.15) is 16.7 Å². The third-order valence-electron chi connectivity index (χ3n) is 5.60. The van der Waals surface area contributed by atoms with Crippen LogP contribution in [0.25, 0.3) is 10.9 Å². The first kappa shape index (κ1) is 22.1. The summed E-state index contributed by atoms with van der Waals surface area (Å²) in [5, 5.41) is 0.932. The van der Waals surface area contributed by atoms with Crippen LogP contribution in [-0.4, -0.2) is 25.1 Å². The predicted octanol–water partition coefficient (Wildman–Crippen LogP) is 4.63. The lowest BCUT2D eigenvalue weighted by Crippen LogP contribution is -2.34. The summed E-state index contributed by atoms with van der Waals surface area (Å²) in [6.07, 6.45) is 0.195. The average molecular weight is 443 g/mol. The number of pyridine rings is 1. The molecule has 0 aliphatic rings. The Labute approximate surface area is 192 Å². The minimum atomic E-state index is -0.206. The normalized spacial score (nSPS) is 10.8. The summed E-state index contributed by atoms with van der Waals surface area (Å²) in [6, 6.07) is 22.4. The number of anilines is 1. The maximum atomic E-state index is 13.4. The molecule has 1 N–H and O–H groups in total. The monoisotopic (exact) mass is 442 g/mol. The molecule has 4 aromatic rings. The van der Waals surface area contributed by atoms with Gasteiger partial charge in [0.2, 0.25) is 5.91 Å². The Morgan fingerprint density at radius 2 is 1.52 bits per heavy atom. The number of aryl methyl sites for hydroxylation is 1. The number of H-pyrrole nitrogens is 1. The molecule has 33 heavy (non-hydrogen) atoms. The van der Waals surface area contributed by atoms with Crippen LogP contribution in [-0.2, 0) is 17.8 Å². The molecule has 0 spiro atoms. The van der Waals surface area contributed by atoms with E-state index in [0.717, 1.165) is 27.8 Å². The summed E-state index contributed by atoms with van der Waals surface area (Å²) >= 11 is 0. The van der Waals surface area contributed by atoms with Crippen molar-refractivity contribution in [3.05, 3.63) is 99.8 Å². The maximum absolute atomic E-state index is 13.4. The van der Waals surface area contributed by atoms with Crippen molar-refractivity contribution in [2.45, 2.75) is 19.9 Å². The van der Waals surface area contributed by atoms with Crippen molar-refractivity contribution in [1.29, 1.82) is 0 Å². The molecule has 0 saturated carbocycles. The van der Waals surface area contributed by atoms with Gasteiger partial charge in [0, 0.05) is 16.8 Å². The van der Waals surface area contributed by atoms with Crippen molar-refractivity contribution >= 4 is 22.5 Å². The first-order chi connectivity index (χ1) is 16.0. The van der Waals surface area contributed by atoms with Gasteiger partial charge in [0.25, 0.3) is 5.56 Å². The molecule has 1 amide bonds. The van der Waals surface area contributed by atoms with Gasteiger partial charge in [0.05, 0.1) is 27.2 Å². The van der Waals surface area contributed by atoms with Crippen LogP contribution in [0.4, 0.5) is 5.69 Å². The Bertz CT molecular complexity index is 1330. The number of methoxy groups -OCH3 is 2. The second-order valence-electron chi connectivity index (χ2n) is 7.92. The highest BCUT2D eigenvalue weighted by atomic mass is 16.5. The van der Waals surface area contributed by atoms with Gasteiger partial charge in [-0.1, -0.05) is 23.8 Å². The van der Waals surface area contributed by atoms with Gasteiger partial charge < -0.3 is 19.4 Å². The minimum absolute atomic E-state index is 0.117. The van der Waals surface area contributed by atoms with Crippen molar-refractivity contribution < 1.29 is 14.3 Å². The van der Waals surface area contributed by atoms with Crippen molar-refractivity contribution in [2.24, 2.45) is 0 Å². The van der Waals surface area contributed by atoms with Gasteiger partial charge in [0.1, 0.15) is 11.5 Å². The first-order valence-corrected chi connectivity index (χ1v) is 10.7. The molecular weight excluding hydrogens is 416 g/mol. The summed E-state index contributed by atoms with van der Waals surface area (Å²) in [5.74, 6) is 1.31. The van der Waals surface area contributed by atoms with Crippen molar-refractivity contribution in [2.75, 3.05) is 19.1 Å². The van der Waals surface area contributed by atoms with Crippen LogP contribution in [0.3, 0.4) is 0 Å². The molecule has 0 radical (unpaired) electrons. The molecule has 3 aromatic carbocycles. The van der Waals surface area contributed by atoms with Gasteiger partial charge in [0.15, 0.2) is 0 Å². The number of hydrogen-bond donors (Lipinski definition) is 1. The Morgan fingerprint density at radius 3 is 2.15 bits per heavy atom. The number of benzene rings is 3. The average Bonchev–Trinajstić information content (AvgIpc) is 2.83. The SMILES string of the molecule is COc1ccc(CC(=O)N(Cc2cc3cc(C)ccc3[nH]c2=O)c2ccc(OC)cc2)cc1. The van der Waals surface area contributed by atoms with Gasteiger partial charge in [-0.05, 0) is 72.5 Å². The molecular formula is C27H26N2O4. The molecule has 0 bridgehead atoms. The molecule has 0 saturated heterocycles. The van der Waals surface area contributed by atoms with E-state index in [4.69, 9.17) is 9.47 Å². The van der Waals surface area contributed by atoms with E-state index in [2.05, 4.69) is 4.98 Å². The van der Waals surface area contributed by atoms with Gasteiger partial charge in [-0.25, -0.2) is 0 Å². The molecule has 6 heteroatoms. The third kappa shape index (κ3) is 5.06. The van der Waals surface area contributed by atoms with Crippen molar-refractivity contribution in [1.82, 2.24) is 4.98 Å². The Kier molecular flexibility index (Phi) is 6.45. The molecule has 0 unspecified atom stereocenters. The quantitative estimate of drug-likeness (QED) is 0.453. The van der Waals surface area contributed by atoms with Crippen LogP contribution in [0, 0.1) is 6.92 Å². The van der Waals surface area contributed by atoms with E-state index in [9.17, 15) is 9.59 Å². The number of aromatic nitrogens is 1. The van der Waals surface area contributed by atoms with Crippen molar-refractivity contribution in [3.63, 3.8) is 0 Å². The maximum Gasteiger partial charge on any atom is 0.253 e. The van der Waals surface area contributed by atoms with Gasteiger partial charge in [-0.2, -0.15) is 0 Å². The van der Waals surface area contributed by atoms with Gasteiger partial charge in [-0.15, -0.1) is 0 Å². The third-order valence-corrected chi connectivity index (χ3v) is 5.60. The number of nitrogens with one attached hydrogen (secondary N) is 1. The van der Waals surface area contributed by atoms with Crippen LogP contribution < -0.4 is 19.9 Å². The molecule has 6 nitrogen and oxygen atoms in total. The molecule has 168 valence electrons. The molecule has 1 heterocycles. The number of ether oxygens (including phenoxy) is 2. The summed E-state index contributed by atoms with van der Waals surface area (Å²) in [4.78, 5) is 30.8. The first-order valence-electron chi connectivity index (χ1n) is 10.7. The summed E-state index contributed by atoms with van der Waals surface area (Å²) in [7, 11) is 3.20. The van der Waals surface area contributed by atoms with Gasteiger partial charge >= 0.3 is 0 Å². The topological polar surface area (TPSA) is 71.6 Å². The fourth-order valence-corrected chi connectivity index (χ4v) is 3.76. The van der Waals surface area contributed by atoms with Crippen molar-refractivity contribution in [3.8, 4) is 11.5 Å². The van der Waals surface area contributed by atoms with E-state index in [1.54, 1.807) is 31.3 Å². The number of rotatable bonds is 7. The highest BCUT2D eigenvalue weighted by molar-refractivity contribution is 5.95. The fraction of sp³-hybridized carbons (Fsp3) is 0.185. The Morgan fingerprint density at radius 1 is 0.879 bits per heavy atom. The Balaban J connectivity index is 1.68. The predicted molar refractivity (Wildman–Crippen MR) is 130 cm³/mol. The molecule has 0 aliphatic carbocycles. The summed E-state index contributed by atoms with van der Waals surface area (Å²) in [6.45, 7) is 2.16. The molecule has 1 aromatic heterocycles. The van der Waals surface area contributed by atoms with Crippen LogP contribution in [0.2, 0.25) is 0 Å². The minimum Gasteiger partial charge on any atom is -0.497 e. The van der Waals surface area contributed by atoms with E-state index in [1.807, 2.05) is 67.6 Å². The van der Waals surface area contributed by atoms with Gasteiger partial charge in [-0.3, -0.25) is 9.59 Å². The van der Waals surface area contributed by atoms with E-state index in [1.165, 1.54) is 0 Å². The number of amides is 1. The zero-order chi connectivity index (χ0) is 23.4. The van der Waals surface area contributed by atoms with E-state index < -0.39 is 0 Å². The second kappa shape index (κ2) is 9.61. The lowest BCUT2D eigenvalue weighted by molar-refractivity contribution is -0.118. The zero-order valence-corrected chi connectivity index (χ0v) is 18.9. The summed E-state index contributed by atoms with van der Waals surface area (Å²) < 4.78 is 10.5. The van der Waals surface area contributed by atoms with E-state index >= 15 is 0 Å². The smallest absolute Gasteiger partial charge is 0.253 e. The number of hydrogen-bond acceptors (Lipinski definition) is 4. The lowest BCUT2D eigenvalue weighted by atomic mass is 10.1.